The Hall–Kier alpha value is -0.610. The number of methoxy groups -OCH3 is 1. The van der Waals surface area contributed by atoms with Crippen molar-refractivity contribution in [2.24, 2.45) is 11.7 Å². The van der Waals surface area contributed by atoms with Crippen molar-refractivity contribution < 1.29 is 9.53 Å². The van der Waals surface area contributed by atoms with Crippen LogP contribution in [0.5, 0.6) is 0 Å². The van der Waals surface area contributed by atoms with Crippen LogP contribution in [-0.4, -0.2) is 42.6 Å². The molecule has 1 saturated heterocycles. The van der Waals surface area contributed by atoms with Gasteiger partial charge in [0.25, 0.3) is 0 Å². The molecule has 19 heavy (non-hydrogen) atoms. The Morgan fingerprint density at radius 2 is 2.11 bits per heavy atom. The monoisotopic (exact) mass is 270 g/mol. The molecule has 0 aliphatic carbocycles. The van der Waals surface area contributed by atoms with E-state index in [-0.39, 0.29) is 5.97 Å². The van der Waals surface area contributed by atoms with E-state index in [0.717, 1.165) is 25.3 Å². The molecule has 0 aromatic rings. The summed E-state index contributed by atoms with van der Waals surface area (Å²) in [5, 5.41) is 0. The summed E-state index contributed by atoms with van der Waals surface area (Å²) < 4.78 is 4.72. The molecule has 4 nitrogen and oxygen atoms in total. The number of nitrogens with two attached hydrogens (primary N) is 1. The van der Waals surface area contributed by atoms with Crippen LogP contribution in [0, 0.1) is 5.92 Å². The van der Waals surface area contributed by atoms with Gasteiger partial charge < -0.3 is 15.4 Å². The van der Waals surface area contributed by atoms with E-state index in [1.807, 2.05) is 0 Å². The quantitative estimate of drug-likeness (QED) is 0.593. The molecule has 0 aromatic heterocycles. The number of carbonyl (C=O) groups is 1. The van der Waals surface area contributed by atoms with Crippen LogP contribution in [0.4, 0.5) is 0 Å². The molecule has 0 aromatic carbocycles. The Morgan fingerprint density at radius 3 is 2.68 bits per heavy atom. The van der Waals surface area contributed by atoms with Crippen molar-refractivity contribution >= 4 is 5.97 Å². The summed E-state index contributed by atoms with van der Waals surface area (Å²) in [6, 6.07) is 0.689. The number of hydrogen-bond acceptors (Lipinski definition) is 4. The molecule has 4 heteroatoms. The average Bonchev–Trinajstić information content (AvgIpc) is 2.35. The van der Waals surface area contributed by atoms with Gasteiger partial charge in [-0.05, 0) is 65.0 Å². The van der Waals surface area contributed by atoms with Crippen molar-refractivity contribution in [3.63, 3.8) is 0 Å². The van der Waals surface area contributed by atoms with Gasteiger partial charge in [0.15, 0.2) is 0 Å². The van der Waals surface area contributed by atoms with Crippen LogP contribution in [-0.2, 0) is 9.53 Å². The van der Waals surface area contributed by atoms with Gasteiger partial charge in [-0.1, -0.05) is 6.92 Å². The van der Waals surface area contributed by atoms with Crippen molar-refractivity contribution in [3.05, 3.63) is 0 Å². The summed E-state index contributed by atoms with van der Waals surface area (Å²) in [6.45, 7) is 8.73. The molecule has 1 rings (SSSR count). The van der Waals surface area contributed by atoms with E-state index in [2.05, 4.69) is 18.7 Å². The zero-order valence-corrected chi connectivity index (χ0v) is 12.9. The third-order valence-electron chi connectivity index (χ3n) is 4.32. The number of piperidine rings is 1. The molecule has 3 atom stereocenters. The van der Waals surface area contributed by atoms with E-state index in [9.17, 15) is 4.79 Å². The molecular formula is C15H30N2O2. The fraction of sp³-hybridized carbons (Fsp3) is 0.933. The Morgan fingerprint density at radius 1 is 1.42 bits per heavy atom. The fourth-order valence-corrected chi connectivity index (χ4v) is 2.93. The van der Waals surface area contributed by atoms with E-state index in [1.54, 1.807) is 6.92 Å². The Labute approximate surface area is 117 Å². The highest BCUT2D eigenvalue weighted by Crippen LogP contribution is 2.22. The summed E-state index contributed by atoms with van der Waals surface area (Å²) in [6.07, 6.45) is 5.37. The summed E-state index contributed by atoms with van der Waals surface area (Å²) in [5.41, 5.74) is 5.11. The fourth-order valence-electron chi connectivity index (χ4n) is 2.93. The minimum Gasteiger partial charge on any atom is -0.468 e. The predicted molar refractivity (Wildman–Crippen MR) is 77.9 cm³/mol. The van der Waals surface area contributed by atoms with E-state index < -0.39 is 5.54 Å². The van der Waals surface area contributed by atoms with Gasteiger partial charge in [-0.25, -0.2) is 0 Å². The first-order valence-corrected chi connectivity index (χ1v) is 7.48. The van der Waals surface area contributed by atoms with Crippen molar-refractivity contribution in [1.29, 1.82) is 0 Å². The molecule has 3 unspecified atom stereocenters. The van der Waals surface area contributed by atoms with Crippen LogP contribution in [0.25, 0.3) is 0 Å². The number of likely N-dealkylation sites (tertiary alicyclic amines) is 1. The molecule has 1 aliphatic rings. The topological polar surface area (TPSA) is 55.6 Å². The summed E-state index contributed by atoms with van der Waals surface area (Å²) >= 11 is 0. The van der Waals surface area contributed by atoms with Gasteiger partial charge in [0, 0.05) is 6.04 Å². The largest absolute Gasteiger partial charge is 0.468 e. The molecule has 0 saturated carbocycles. The third-order valence-corrected chi connectivity index (χ3v) is 4.32. The maximum atomic E-state index is 11.5. The highest BCUT2D eigenvalue weighted by atomic mass is 16.5. The van der Waals surface area contributed by atoms with Gasteiger partial charge in [0.2, 0.25) is 0 Å². The second-order valence-corrected chi connectivity index (χ2v) is 6.38. The van der Waals surface area contributed by atoms with E-state index in [1.165, 1.54) is 26.5 Å². The van der Waals surface area contributed by atoms with Crippen molar-refractivity contribution in [1.82, 2.24) is 4.90 Å². The highest BCUT2D eigenvalue weighted by Gasteiger charge is 2.29. The van der Waals surface area contributed by atoms with Crippen molar-refractivity contribution in [3.8, 4) is 0 Å². The molecule has 0 bridgehead atoms. The van der Waals surface area contributed by atoms with Gasteiger partial charge in [-0.2, -0.15) is 0 Å². The average molecular weight is 270 g/mol. The molecule has 0 radical (unpaired) electrons. The van der Waals surface area contributed by atoms with Gasteiger partial charge in [-0.15, -0.1) is 0 Å². The number of esters is 1. The molecule has 1 heterocycles. The Balaban J connectivity index is 2.22. The maximum absolute atomic E-state index is 11.5. The number of unbranched alkanes of at least 4 members (excludes halogenated alkanes) is 1. The van der Waals surface area contributed by atoms with Crippen molar-refractivity contribution in [2.45, 2.75) is 64.5 Å². The molecule has 2 N–H and O–H groups in total. The summed E-state index contributed by atoms with van der Waals surface area (Å²) in [5.74, 6) is 0.547. The number of nitrogens with zero attached hydrogens (tertiary/aromatic N) is 1. The van der Waals surface area contributed by atoms with Gasteiger partial charge in [0.1, 0.15) is 5.54 Å². The zero-order valence-electron chi connectivity index (χ0n) is 12.9. The lowest BCUT2D eigenvalue weighted by molar-refractivity contribution is -0.146. The minimum absolute atomic E-state index is 0.312. The Kier molecular flexibility index (Phi) is 6.27. The lowest BCUT2D eigenvalue weighted by atomic mass is 9.92. The van der Waals surface area contributed by atoms with E-state index in [4.69, 9.17) is 10.5 Å². The van der Waals surface area contributed by atoms with E-state index in [0.29, 0.717) is 12.5 Å². The highest BCUT2D eigenvalue weighted by molar-refractivity contribution is 5.79. The maximum Gasteiger partial charge on any atom is 0.325 e. The number of carbonyl (C=O) groups excluding carboxylic acids is 1. The smallest absolute Gasteiger partial charge is 0.325 e. The van der Waals surface area contributed by atoms with Crippen LogP contribution < -0.4 is 5.73 Å². The van der Waals surface area contributed by atoms with Crippen LogP contribution in [0.15, 0.2) is 0 Å². The molecule has 0 spiro atoms. The second kappa shape index (κ2) is 7.25. The number of rotatable bonds is 6. The number of hydrogen-bond donors (Lipinski definition) is 1. The first kappa shape index (κ1) is 16.4. The molecule has 112 valence electrons. The van der Waals surface area contributed by atoms with Gasteiger partial charge in [0.05, 0.1) is 7.11 Å². The molecule has 0 amide bonds. The van der Waals surface area contributed by atoms with Crippen LogP contribution in [0.3, 0.4) is 0 Å². The van der Waals surface area contributed by atoms with Gasteiger partial charge in [-0.3, -0.25) is 4.79 Å². The summed E-state index contributed by atoms with van der Waals surface area (Å²) in [7, 11) is 1.39. The summed E-state index contributed by atoms with van der Waals surface area (Å²) in [4.78, 5) is 14.0. The van der Waals surface area contributed by atoms with Crippen LogP contribution >= 0.6 is 0 Å². The minimum atomic E-state index is -0.837. The lowest BCUT2D eigenvalue weighted by Gasteiger charge is -2.36. The van der Waals surface area contributed by atoms with Crippen LogP contribution in [0.2, 0.25) is 0 Å². The molecule has 1 fully saturated rings. The predicted octanol–water partition coefficient (Wildman–Crippen LogP) is 2.17. The van der Waals surface area contributed by atoms with Crippen molar-refractivity contribution in [2.75, 3.05) is 20.2 Å². The van der Waals surface area contributed by atoms with E-state index >= 15 is 0 Å². The standard InChI is InChI=1S/C15H30N2O2/c1-12-7-10-17(13(2)11-12)9-6-5-8-15(3,16)14(18)19-4/h12-13H,5-11,16H2,1-4H3. The lowest BCUT2D eigenvalue weighted by Crippen LogP contribution is -2.46. The van der Waals surface area contributed by atoms with Crippen LogP contribution in [0.1, 0.15) is 52.9 Å². The SMILES string of the molecule is COC(=O)C(C)(N)CCCCN1CCC(C)CC1C. The zero-order chi connectivity index (χ0) is 14.5. The normalized spacial score (nSPS) is 27.8. The first-order chi connectivity index (χ1) is 8.86. The number of ether oxygens (including phenoxy) is 1. The second-order valence-electron chi connectivity index (χ2n) is 6.38. The van der Waals surface area contributed by atoms with Gasteiger partial charge >= 0.3 is 5.97 Å². The third kappa shape index (κ3) is 5.11. The first-order valence-electron chi connectivity index (χ1n) is 7.48. The Bertz CT molecular complexity index is 292. The molecule has 1 aliphatic heterocycles. The molecular weight excluding hydrogens is 240 g/mol.